The molecule has 0 unspecified atom stereocenters. The van der Waals surface area contributed by atoms with Crippen molar-refractivity contribution >= 4 is 37.1 Å². The molecule has 0 rings (SSSR count). The molecule has 0 aliphatic carbocycles. The molecule has 19 heavy (non-hydrogen) atoms. The average Bonchev–Trinajstić information content (AvgIpc) is 2.40. The second-order valence-electron chi connectivity index (χ2n) is 5.04. The van der Waals surface area contributed by atoms with Crippen molar-refractivity contribution in [2.24, 2.45) is 11.1 Å². The van der Waals surface area contributed by atoms with E-state index < -0.39 is 11.5 Å². The van der Waals surface area contributed by atoms with Crippen molar-refractivity contribution in [1.29, 1.82) is 0 Å². The van der Waals surface area contributed by atoms with E-state index in [2.05, 4.69) is 35.9 Å². The predicted molar refractivity (Wildman–Crippen MR) is 84.7 cm³/mol. The van der Waals surface area contributed by atoms with E-state index >= 15 is 0 Å². The van der Waals surface area contributed by atoms with Gasteiger partial charge >= 0.3 is 0 Å². The van der Waals surface area contributed by atoms with Gasteiger partial charge in [0.1, 0.15) is 6.04 Å². The zero-order valence-corrected chi connectivity index (χ0v) is 13.4. The van der Waals surface area contributed by atoms with Gasteiger partial charge in [0.2, 0.25) is 11.8 Å². The number of carbonyl (C=O) groups excluding carboxylic acids is 2. The zero-order valence-electron chi connectivity index (χ0n) is 11.6. The highest BCUT2D eigenvalue weighted by Crippen LogP contribution is 2.16. The Morgan fingerprint density at radius 1 is 1.26 bits per heavy atom. The third kappa shape index (κ3) is 7.08. The first-order valence-electron chi connectivity index (χ1n) is 6.39. The maximum absolute atomic E-state index is 12.0. The molecule has 112 valence electrons. The van der Waals surface area contributed by atoms with Crippen molar-refractivity contribution in [3.63, 3.8) is 0 Å². The van der Waals surface area contributed by atoms with E-state index in [-0.39, 0.29) is 17.6 Å². The summed E-state index contributed by atoms with van der Waals surface area (Å²) < 4.78 is 0. The number of carbonyl (C=O) groups is 2. The molecule has 4 N–H and O–H groups in total. The summed E-state index contributed by atoms with van der Waals surface area (Å²) in [4.78, 5) is 23.8. The van der Waals surface area contributed by atoms with Crippen molar-refractivity contribution in [3.8, 4) is 0 Å². The summed E-state index contributed by atoms with van der Waals surface area (Å²) in [5, 5.41) is 5.46. The van der Waals surface area contributed by atoms with Gasteiger partial charge in [-0.25, -0.2) is 0 Å². The maximum Gasteiger partial charge on any atom is 0.243 e. The van der Waals surface area contributed by atoms with Crippen molar-refractivity contribution < 1.29 is 9.59 Å². The molecule has 1 atom stereocenters. The molecule has 0 aromatic carbocycles. The zero-order chi connectivity index (χ0) is 14.9. The quantitative estimate of drug-likeness (QED) is 0.312. The molecule has 2 amide bonds. The molecule has 0 radical (unpaired) electrons. The van der Waals surface area contributed by atoms with E-state index in [0.717, 1.165) is 12.8 Å². The summed E-state index contributed by atoms with van der Waals surface area (Å²) in [7, 11) is 0. The minimum atomic E-state index is -0.618. The van der Waals surface area contributed by atoms with Gasteiger partial charge in [0.25, 0.3) is 0 Å². The van der Waals surface area contributed by atoms with Gasteiger partial charge in [0.15, 0.2) is 0 Å². The molecule has 0 bridgehead atoms. The van der Waals surface area contributed by atoms with Gasteiger partial charge in [-0.2, -0.15) is 25.3 Å². The smallest absolute Gasteiger partial charge is 0.243 e. The van der Waals surface area contributed by atoms with Crippen molar-refractivity contribution in [1.82, 2.24) is 10.6 Å². The highest BCUT2D eigenvalue weighted by molar-refractivity contribution is 7.80. The predicted octanol–water partition coefficient (Wildman–Crippen LogP) is 0.212. The lowest BCUT2D eigenvalue weighted by Crippen LogP contribution is -2.52. The fourth-order valence-corrected chi connectivity index (χ4v) is 1.62. The van der Waals surface area contributed by atoms with Gasteiger partial charge in [-0.1, -0.05) is 13.8 Å². The molecular weight excluding hydrogens is 282 g/mol. The Hall–Kier alpha value is -0.400. The molecule has 0 saturated carbocycles. The van der Waals surface area contributed by atoms with Gasteiger partial charge in [-0.05, 0) is 19.4 Å². The number of hydrogen-bond acceptors (Lipinski definition) is 5. The van der Waals surface area contributed by atoms with Crippen LogP contribution in [-0.2, 0) is 9.59 Å². The third-order valence-electron chi connectivity index (χ3n) is 2.74. The van der Waals surface area contributed by atoms with Gasteiger partial charge < -0.3 is 16.4 Å². The second-order valence-corrected chi connectivity index (χ2v) is 5.72. The Labute approximate surface area is 126 Å². The summed E-state index contributed by atoms with van der Waals surface area (Å²) in [5.41, 5.74) is 4.76. The van der Waals surface area contributed by atoms with E-state index in [0.29, 0.717) is 18.8 Å². The van der Waals surface area contributed by atoms with E-state index in [1.54, 1.807) is 13.8 Å². The van der Waals surface area contributed by atoms with E-state index in [1.807, 2.05) is 0 Å². The van der Waals surface area contributed by atoms with Crippen molar-refractivity contribution in [3.05, 3.63) is 0 Å². The molecule has 7 heteroatoms. The third-order valence-corrected chi connectivity index (χ3v) is 3.90. The Morgan fingerprint density at radius 2 is 1.89 bits per heavy atom. The van der Waals surface area contributed by atoms with Crippen LogP contribution < -0.4 is 16.4 Å². The highest BCUT2D eigenvalue weighted by Gasteiger charge is 2.29. The number of unbranched alkanes of at least 4 members (excludes halogenated alkanes) is 1. The molecule has 0 aliphatic rings. The Morgan fingerprint density at radius 3 is 2.37 bits per heavy atom. The van der Waals surface area contributed by atoms with E-state index in [9.17, 15) is 9.59 Å². The summed E-state index contributed by atoms with van der Waals surface area (Å²) in [6, 6.07) is -0.618. The molecule has 0 saturated heterocycles. The monoisotopic (exact) mass is 307 g/mol. The first-order chi connectivity index (χ1) is 8.88. The minimum Gasteiger partial charge on any atom is -0.354 e. The first kappa shape index (κ1) is 18.6. The molecule has 0 aliphatic heterocycles. The molecule has 0 heterocycles. The molecule has 0 fully saturated rings. The lowest BCUT2D eigenvalue weighted by atomic mass is 9.95. The lowest BCUT2D eigenvalue weighted by Gasteiger charge is -2.24. The van der Waals surface area contributed by atoms with Crippen LogP contribution in [0.5, 0.6) is 0 Å². The maximum atomic E-state index is 12.0. The lowest BCUT2D eigenvalue weighted by molar-refractivity contribution is -0.132. The topological polar surface area (TPSA) is 84.2 Å². The van der Waals surface area contributed by atoms with Crippen LogP contribution in [0.3, 0.4) is 0 Å². The normalized spacial score (nSPS) is 12.9. The Balaban J connectivity index is 4.26. The number of nitrogens with one attached hydrogen (secondary N) is 2. The molecule has 0 spiro atoms. The largest absolute Gasteiger partial charge is 0.354 e. The van der Waals surface area contributed by atoms with Crippen LogP contribution in [0.25, 0.3) is 0 Å². The van der Waals surface area contributed by atoms with Crippen molar-refractivity contribution in [2.75, 3.05) is 24.6 Å². The van der Waals surface area contributed by atoms with Crippen LogP contribution >= 0.6 is 25.3 Å². The van der Waals surface area contributed by atoms with Gasteiger partial charge in [0.05, 0.1) is 5.41 Å². The van der Waals surface area contributed by atoms with E-state index in [1.165, 1.54) is 0 Å². The van der Waals surface area contributed by atoms with Crippen LogP contribution in [0, 0.1) is 5.41 Å². The van der Waals surface area contributed by atoms with Gasteiger partial charge in [0, 0.05) is 18.1 Å². The number of nitrogens with two attached hydrogens (primary N) is 1. The van der Waals surface area contributed by atoms with Crippen LogP contribution in [0.1, 0.15) is 26.7 Å². The number of hydrogen-bond donors (Lipinski definition) is 5. The summed E-state index contributed by atoms with van der Waals surface area (Å²) >= 11 is 8.23. The summed E-state index contributed by atoms with van der Waals surface area (Å²) in [5.74, 6) is 0.266. The number of thiol groups is 2. The number of amides is 2. The minimum absolute atomic E-state index is 0.196. The first-order valence-corrected chi connectivity index (χ1v) is 7.66. The van der Waals surface area contributed by atoms with Crippen LogP contribution in [0.15, 0.2) is 0 Å². The SMILES string of the molecule is CC(C)(CS)C(=O)N[C@@H](CS)C(=O)NCCCCN. The Kier molecular flexibility index (Phi) is 9.30. The molecule has 5 nitrogen and oxygen atoms in total. The van der Waals surface area contributed by atoms with Crippen LogP contribution in [-0.4, -0.2) is 42.5 Å². The van der Waals surface area contributed by atoms with Crippen LogP contribution in [0.4, 0.5) is 0 Å². The van der Waals surface area contributed by atoms with E-state index in [4.69, 9.17) is 5.73 Å². The van der Waals surface area contributed by atoms with Gasteiger partial charge in [-0.3, -0.25) is 9.59 Å². The Bertz CT molecular complexity index is 299. The molecule has 0 aromatic heterocycles. The van der Waals surface area contributed by atoms with Crippen LogP contribution in [0.2, 0.25) is 0 Å². The fraction of sp³-hybridized carbons (Fsp3) is 0.833. The average molecular weight is 307 g/mol. The standard InChI is InChI=1S/C12H25N3O2S2/c1-12(2,8-19)11(17)15-9(7-18)10(16)14-6-4-3-5-13/h9,18-19H,3-8,13H2,1-2H3,(H,14,16)(H,15,17)/t9-/m0/s1. The fourth-order valence-electron chi connectivity index (χ4n) is 1.22. The highest BCUT2D eigenvalue weighted by atomic mass is 32.1. The van der Waals surface area contributed by atoms with Gasteiger partial charge in [-0.15, -0.1) is 0 Å². The summed E-state index contributed by atoms with van der Waals surface area (Å²) in [6.45, 7) is 4.74. The summed E-state index contributed by atoms with van der Waals surface area (Å²) in [6.07, 6.45) is 1.70. The van der Waals surface area contributed by atoms with Crippen molar-refractivity contribution in [2.45, 2.75) is 32.7 Å². The number of rotatable bonds is 9. The second kappa shape index (κ2) is 9.50. The molecular formula is C12H25N3O2S2. The molecule has 0 aromatic rings.